The van der Waals surface area contributed by atoms with Crippen LogP contribution in [0.2, 0.25) is 0 Å². The lowest BCUT2D eigenvalue weighted by atomic mass is 10.1. The lowest BCUT2D eigenvalue weighted by Gasteiger charge is -2.26. The first-order chi connectivity index (χ1) is 9.54. The number of rotatable bonds is 4. The van der Waals surface area contributed by atoms with Crippen LogP contribution >= 0.6 is 0 Å². The molecule has 2 rings (SSSR count). The number of hydrogen-bond acceptors (Lipinski definition) is 3. The van der Waals surface area contributed by atoms with Gasteiger partial charge in [0.25, 0.3) is 0 Å². The Morgan fingerprint density at radius 3 is 2.45 bits per heavy atom. The van der Waals surface area contributed by atoms with Crippen LogP contribution in [0.3, 0.4) is 0 Å². The highest BCUT2D eigenvalue weighted by molar-refractivity contribution is 6.02. The van der Waals surface area contributed by atoms with Crippen LogP contribution in [0.25, 0.3) is 0 Å². The normalized spacial score (nSPS) is 10.3. The van der Waals surface area contributed by atoms with E-state index in [1.165, 1.54) is 0 Å². The molecular weight excluding hydrogens is 248 g/mol. The number of para-hydroxylation sites is 1. The van der Waals surface area contributed by atoms with E-state index >= 15 is 0 Å². The number of pyridine rings is 1. The molecule has 4 nitrogen and oxygen atoms in total. The molecule has 0 saturated carbocycles. The Balaban J connectivity index is 2.63. The molecular formula is C16H20N4. The predicted molar refractivity (Wildman–Crippen MR) is 83.8 cm³/mol. The summed E-state index contributed by atoms with van der Waals surface area (Å²) in [5, 5.41) is 7.83. The number of nitrogen functional groups attached to an aromatic ring is 1. The van der Waals surface area contributed by atoms with Crippen molar-refractivity contribution in [3.05, 3.63) is 53.3 Å². The molecule has 0 amide bonds. The van der Waals surface area contributed by atoms with E-state index in [2.05, 4.69) is 28.9 Å². The van der Waals surface area contributed by atoms with Crippen LogP contribution in [0.5, 0.6) is 0 Å². The average Bonchev–Trinajstić information content (AvgIpc) is 2.39. The van der Waals surface area contributed by atoms with Crippen molar-refractivity contribution in [2.45, 2.75) is 20.8 Å². The first kappa shape index (κ1) is 14.1. The van der Waals surface area contributed by atoms with Crippen LogP contribution in [-0.4, -0.2) is 17.4 Å². The van der Waals surface area contributed by atoms with Crippen LogP contribution in [0, 0.1) is 19.3 Å². The fourth-order valence-corrected chi connectivity index (χ4v) is 2.45. The molecule has 0 fully saturated rings. The van der Waals surface area contributed by atoms with Gasteiger partial charge in [-0.15, -0.1) is 0 Å². The second kappa shape index (κ2) is 5.74. The zero-order valence-corrected chi connectivity index (χ0v) is 12.1. The molecule has 20 heavy (non-hydrogen) atoms. The molecule has 1 heterocycles. The zero-order valence-electron chi connectivity index (χ0n) is 12.1. The molecule has 0 aliphatic heterocycles. The molecule has 2 aromatic rings. The van der Waals surface area contributed by atoms with Gasteiger partial charge in [0.15, 0.2) is 0 Å². The summed E-state index contributed by atoms with van der Waals surface area (Å²) in [6.45, 7) is 6.74. The minimum Gasteiger partial charge on any atom is -0.384 e. The van der Waals surface area contributed by atoms with Gasteiger partial charge in [-0.25, -0.2) is 0 Å². The number of nitrogens with two attached hydrogens (primary N) is 1. The van der Waals surface area contributed by atoms with Crippen LogP contribution in [0.4, 0.5) is 11.4 Å². The van der Waals surface area contributed by atoms with Crippen LogP contribution < -0.4 is 10.6 Å². The van der Waals surface area contributed by atoms with Crippen molar-refractivity contribution in [2.24, 2.45) is 5.73 Å². The van der Waals surface area contributed by atoms with Gasteiger partial charge in [-0.3, -0.25) is 10.4 Å². The quantitative estimate of drug-likeness (QED) is 0.661. The predicted octanol–water partition coefficient (Wildman–Crippen LogP) is 3.14. The highest BCUT2D eigenvalue weighted by atomic mass is 15.1. The molecule has 0 aliphatic carbocycles. The number of nitrogens with one attached hydrogen (secondary N) is 1. The van der Waals surface area contributed by atoms with Crippen molar-refractivity contribution in [3.8, 4) is 0 Å². The number of anilines is 2. The number of aryl methyl sites for hydroxylation is 2. The van der Waals surface area contributed by atoms with E-state index in [-0.39, 0.29) is 5.84 Å². The van der Waals surface area contributed by atoms with E-state index in [1.807, 2.05) is 38.1 Å². The molecule has 1 aromatic carbocycles. The van der Waals surface area contributed by atoms with Gasteiger partial charge in [-0.2, -0.15) is 0 Å². The lowest BCUT2D eigenvalue weighted by Crippen LogP contribution is -2.23. The summed E-state index contributed by atoms with van der Waals surface area (Å²) in [5.41, 5.74) is 10.2. The molecule has 4 heteroatoms. The Kier molecular flexibility index (Phi) is 4.03. The molecule has 0 atom stereocenters. The maximum atomic E-state index is 7.83. The SMILES string of the molecule is CCN(c1ccccc1)c1cc(C)nc(C)c1C(=N)N. The number of amidine groups is 1. The largest absolute Gasteiger partial charge is 0.384 e. The summed E-state index contributed by atoms with van der Waals surface area (Å²) in [4.78, 5) is 6.57. The van der Waals surface area contributed by atoms with E-state index < -0.39 is 0 Å². The third-order valence-electron chi connectivity index (χ3n) is 3.25. The van der Waals surface area contributed by atoms with Gasteiger partial charge in [0.05, 0.1) is 16.9 Å². The van der Waals surface area contributed by atoms with E-state index in [0.717, 1.165) is 29.3 Å². The van der Waals surface area contributed by atoms with Crippen LogP contribution in [0.1, 0.15) is 23.9 Å². The topological polar surface area (TPSA) is 66.0 Å². The molecule has 0 spiro atoms. The first-order valence-corrected chi connectivity index (χ1v) is 6.69. The number of aromatic nitrogens is 1. The van der Waals surface area contributed by atoms with Crippen LogP contribution in [-0.2, 0) is 0 Å². The molecule has 0 aliphatic rings. The van der Waals surface area contributed by atoms with Gasteiger partial charge in [0, 0.05) is 17.9 Å². The zero-order chi connectivity index (χ0) is 14.7. The Morgan fingerprint density at radius 2 is 1.90 bits per heavy atom. The Bertz CT molecular complexity index is 620. The highest BCUT2D eigenvalue weighted by Crippen LogP contribution is 2.30. The number of nitrogens with zero attached hydrogens (tertiary/aromatic N) is 2. The van der Waals surface area contributed by atoms with Crippen molar-refractivity contribution in [1.29, 1.82) is 5.41 Å². The molecule has 0 unspecified atom stereocenters. The fourth-order valence-electron chi connectivity index (χ4n) is 2.45. The average molecular weight is 268 g/mol. The number of benzene rings is 1. The Morgan fingerprint density at radius 1 is 1.25 bits per heavy atom. The smallest absolute Gasteiger partial charge is 0.126 e. The molecule has 0 saturated heterocycles. The third kappa shape index (κ3) is 2.64. The van der Waals surface area contributed by atoms with Crippen molar-refractivity contribution >= 4 is 17.2 Å². The molecule has 3 N–H and O–H groups in total. The monoisotopic (exact) mass is 268 g/mol. The standard InChI is InChI=1S/C16H20N4/c1-4-20(13-8-6-5-7-9-13)14-10-11(2)19-12(3)15(14)16(17)18/h5-10H,4H2,1-3H3,(H3,17,18). The second-order valence-electron chi connectivity index (χ2n) is 4.74. The van der Waals surface area contributed by atoms with Gasteiger partial charge >= 0.3 is 0 Å². The van der Waals surface area contributed by atoms with Crippen molar-refractivity contribution < 1.29 is 0 Å². The van der Waals surface area contributed by atoms with Gasteiger partial charge in [-0.05, 0) is 39.0 Å². The molecule has 0 bridgehead atoms. The third-order valence-corrected chi connectivity index (χ3v) is 3.25. The lowest BCUT2D eigenvalue weighted by molar-refractivity contribution is 0.999. The molecule has 104 valence electrons. The summed E-state index contributed by atoms with van der Waals surface area (Å²) < 4.78 is 0. The minimum atomic E-state index is 0.0550. The van der Waals surface area contributed by atoms with Crippen molar-refractivity contribution in [2.75, 3.05) is 11.4 Å². The maximum absolute atomic E-state index is 7.83. The van der Waals surface area contributed by atoms with Gasteiger partial charge in [0.2, 0.25) is 0 Å². The number of hydrogen-bond donors (Lipinski definition) is 2. The summed E-state index contributed by atoms with van der Waals surface area (Å²) in [7, 11) is 0. The summed E-state index contributed by atoms with van der Waals surface area (Å²) in [6, 6.07) is 12.1. The van der Waals surface area contributed by atoms with E-state index in [4.69, 9.17) is 11.1 Å². The fraction of sp³-hybridized carbons (Fsp3) is 0.250. The van der Waals surface area contributed by atoms with E-state index in [1.54, 1.807) is 0 Å². The first-order valence-electron chi connectivity index (χ1n) is 6.69. The van der Waals surface area contributed by atoms with Gasteiger partial charge < -0.3 is 10.6 Å². The maximum Gasteiger partial charge on any atom is 0.126 e. The Labute approximate surface area is 119 Å². The van der Waals surface area contributed by atoms with E-state index in [0.29, 0.717) is 5.56 Å². The minimum absolute atomic E-state index is 0.0550. The van der Waals surface area contributed by atoms with Gasteiger partial charge in [-0.1, -0.05) is 18.2 Å². The molecule has 0 radical (unpaired) electrons. The van der Waals surface area contributed by atoms with Crippen molar-refractivity contribution in [1.82, 2.24) is 4.98 Å². The highest BCUT2D eigenvalue weighted by Gasteiger charge is 2.17. The van der Waals surface area contributed by atoms with Crippen LogP contribution in [0.15, 0.2) is 36.4 Å². The Hall–Kier alpha value is -2.36. The van der Waals surface area contributed by atoms with Crippen molar-refractivity contribution in [3.63, 3.8) is 0 Å². The summed E-state index contributed by atoms with van der Waals surface area (Å²) >= 11 is 0. The molecule has 1 aromatic heterocycles. The van der Waals surface area contributed by atoms with Gasteiger partial charge in [0.1, 0.15) is 5.84 Å². The summed E-state index contributed by atoms with van der Waals surface area (Å²) in [6.07, 6.45) is 0. The summed E-state index contributed by atoms with van der Waals surface area (Å²) in [5.74, 6) is 0.0550. The second-order valence-corrected chi connectivity index (χ2v) is 4.74. The van der Waals surface area contributed by atoms with E-state index in [9.17, 15) is 0 Å².